The van der Waals surface area contributed by atoms with Gasteiger partial charge in [-0.05, 0) is 51.5 Å². The summed E-state index contributed by atoms with van der Waals surface area (Å²) >= 11 is 0. The summed E-state index contributed by atoms with van der Waals surface area (Å²) in [5.41, 5.74) is 0.502. The van der Waals surface area contributed by atoms with Crippen LogP contribution in [-0.4, -0.2) is 50.7 Å². The van der Waals surface area contributed by atoms with Gasteiger partial charge in [0.2, 0.25) is 0 Å². The number of para-hydroxylation sites is 1. The van der Waals surface area contributed by atoms with Crippen LogP contribution in [-0.2, 0) is 0 Å². The van der Waals surface area contributed by atoms with Gasteiger partial charge in [0.1, 0.15) is 0 Å². The van der Waals surface area contributed by atoms with Gasteiger partial charge in [0.25, 0.3) is 5.91 Å². The first kappa shape index (κ1) is 22.5. The highest BCUT2D eigenvalue weighted by atomic mass is 35.5. The van der Waals surface area contributed by atoms with Gasteiger partial charge in [-0.2, -0.15) is 0 Å². The molecule has 1 rings (SSSR count). The lowest BCUT2D eigenvalue weighted by Crippen LogP contribution is -3.00. The molecule has 1 aromatic rings. The SMILES string of the molecule is CCN(CC)CCCC(C)NC(=O)c1cccc(OC)c1OC.[Cl-]. The van der Waals surface area contributed by atoms with Crippen molar-refractivity contribution < 1.29 is 26.7 Å². The van der Waals surface area contributed by atoms with Gasteiger partial charge in [-0.15, -0.1) is 0 Å². The molecule has 1 aromatic carbocycles. The molecule has 0 saturated carbocycles. The lowest BCUT2D eigenvalue weighted by Gasteiger charge is -2.20. The van der Waals surface area contributed by atoms with Crippen molar-refractivity contribution in [2.75, 3.05) is 33.9 Å². The van der Waals surface area contributed by atoms with Crippen molar-refractivity contribution in [1.82, 2.24) is 10.2 Å². The van der Waals surface area contributed by atoms with Crippen molar-refractivity contribution in [3.8, 4) is 11.5 Å². The van der Waals surface area contributed by atoms with E-state index in [0.717, 1.165) is 32.5 Å². The third-order valence-corrected chi connectivity index (χ3v) is 4.03. The van der Waals surface area contributed by atoms with E-state index in [2.05, 4.69) is 24.1 Å². The molecule has 1 amide bonds. The van der Waals surface area contributed by atoms with Gasteiger partial charge in [0.15, 0.2) is 11.5 Å². The minimum Gasteiger partial charge on any atom is -1.00 e. The van der Waals surface area contributed by atoms with E-state index in [1.54, 1.807) is 32.4 Å². The Kier molecular flexibility index (Phi) is 11.3. The molecule has 0 aliphatic heterocycles. The van der Waals surface area contributed by atoms with Gasteiger partial charge in [-0.3, -0.25) is 4.79 Å². The summed E-state index contributed by atoms with van der Waals surface area (Å²) in [5, 5.41) is 3.04. The molecule has 138 valence electrons. The Morgan fingerprint density at radius 2 is 1.88 bits per heavy atom. The molecule has 0 saturated heterocycles. The zero-order valence-corrected chi connectivity index (χ0v) is 16.2. The van der Waals surface area contributed by atoms with Crippen LogP contribution >= 0.6 is 0 Å². The summed E-state index contributed by atoms with van der Waals surface area (Å²) in [7, 11) is 3.11. The number of hydrogen-bond donors (Lipinski definition) is 1. The van der Waals surface area contributed by atoms with Crippen molar-refractivity contribution >= 4 is 5.91 Å². The maximum absolute atomic E-state index is 12.5. The molecule has 0 spiro atoms. The minimum absolute atomic E-state index is 0. The van der Waals surface area contributed by atoms with E-state index in [4.69, 9.17) is 9.47 Å². The number of carbonyl (C=O) groups is 1. The fourth-order valence-corrected chi connectivity index (χ4v) is 2.60. The fourth-order valence-electron chi connectivity index (χ4n) is 2.60. The number of carbonyl (C=O) groups excluding carboxylic acids is 1. The third-order valence-electron chi connectivity index (χ3n) is 4.03. The van der Waals surface area contributed by atoms with Gasteiger partial charge in [0.05, 0.1) is 19.8 Å². The third kappa shape index (κ3) is 6.57. The smallest absolute Gasteiger partial charge is 0.255 e. The standard InChI is InChI=1S/C18H30N2O3.ClH/c1-6-20(7-2)13-9-10-14(3)19-18(21)15-11-8-12-16(22-4)17(15)23-5;/h8,11-12,14H,6-7,9-10,13H2,1-5H3,(H,19,21);1H/p-1. The molecule has 0 heterocycles. The highest BCUT2D eigenvalue weighted by Gasteiger charge is 2.17. The van der Waals surface area contributed by atoms with Crippen LogP contribution in [0.2, 0.25) is 0 Å². The van der Waals surface area contributed by atoms with Gasteiger partial charge in [-0.25, -0.2) is 0 Å². The first-order valence-corrected chi connectivity index (χ1v) is 8.31. The van der Waals surface area contributed by atoms with Crippen LogP contribution in [0.5, 0.6) is 11.5 Å². The largest absolute Gasteiger partial charge is 1.00 e. The van der Waals surface area contributed by atoms with Crippen LogP contribution in [0.25, 0.3) is 0 Å². The number of rotatable bonds is 10. The molecule has 6 heteroatoms. The van der Waals surface area contributed by atoms with Gasteiger partial charge < -0.3 is 32.1 Å². The fraction of sp³-hybridized carbons (Fsp3) is 0.611. The molecule has 0 aliphatic carbocycles. The summed E-state index contributed by atoms with van der Waals surface area (Å²) in [6, 6.07) is 5.44. The Morgan fingerprint density at radius 3 is 2.42 bits per heavy atom. The maximum atomic E-state index is 12.5. The number of amides is 1. The molecule has 0 aromatic heterocycles. The molecule has 24 heavy (non-hydrogen) atoms. The van der Waals surface area contributed by atoms with Gasteiger partial charge in [0, 0.05) is 6.04 Å². The van der Waals surface area contributed by atoms with Crippen molar-refractivity contribution in [2.24, 2.45) is 0 Å². The Bertz CT molecular complexity index is 493. The zero-order valence-electron chi connectivity index (χ0n) is 15.4. The van der Waals surface area contributed by atoms with Crippen molar-refractivity contribution in [1.29, 1.82) is 0 Å². The lowest BCUT2D eigenvalue weighted by atomic mass is 10.1. The quantitative estimate of drug-likeness (QED) is 0.638. The summed E-state index contributed by atoms with van der Waals surface area (Å²) in [4.78, 5) is 14.8. The predicted molar refractivity (Wildman–Crippen MR) is 93.5 cm³/mol. The molecular weight excluding hydrogens is 328 g/mol. The Morgan fingerprint density at radius 1 is 1.21 bits per heavy atom. The topological polar surface area (TPSA) is 50.8 Å². The number of nitrogens with one attached hydrogen (secondary N) is 1. The highest BCUT2D eigenvalue weighted by molar-refractivity contribution is 5.97. The molecule has 0 bridgehead atoms. The van der Waals surface area contributed by atoms with E-state index in [-0.39, 0.29) is 24.4 Å². The lowest BCUT2D eigenvalue weighted by molar-refractivity contribution is -0.0000146. The number of benzene rings is 1. The summed E-state index contributed by atoms with van der Waals surface area (Å²) < 4.78 is 10.6. The first-order valence-electron chi connectivity index (χ1n) is 8.31. The van der Waals surface area contributed by atoms with Crippen molar-refractivity contribution in [3.63, 3.8) is 0 Å². The van der Waals surface area contributed by atoms with Crippen LogP contribution in [0.3, 0.4) is 0 Å². The van der Waals surface area contributed by atoms with Crippen LogP contribution in [0, 0.1) is 0 Å². The Balaban J connectivity index is 0.00000529. The molecule has 0 radical (unpaired) electrons. The van der Waals surface area contributed by atoms with E-state index in [1.165, 1.54) is 0 Å². The van der Waals surface area contributed by atoms with Crippen LogP contribution in [0.4, 0.5) is 0 Å². The molecule has 1 N–H and O–H groups in total. The van der Waals surface area contributed by atoms with Crippen LogP contribution < -0.4 is 27.2 Å². The molecular formula is C18H30ClN2O3-. The summed E-state index contributed by atoms with van der Waals surface area (Å²) in [5.74, 6) is 0.910. The minimum atomic E-state index is -0.129. The molecule has 1 atom stereocenters. The molecule has 0 aliphatic rings. The highest BCUT2D eigenvalue weighted by Crippen LogP contribution is 2.30. The molecule has 5 nitrogen and oxygen atoms in total. The van der Waals surface area contributed by atoms with Crippen LogP contribution in [0.15, 0.2) is 18.2 Å². The van der Waals surface area contributed by atoms with Gasteiger partial charge in [-0.1, -0.05) is 19.9 Å². The monoisotopic (exact) mass is 357 g/mol. The van der Waals surface area contributed by atoms with E-state index >= 15 is 0 Å². The van der Waals surface area contributed by atoms with E-state index in [0.29, 0.717) is 17.1 Å². The number of nitrogens with zero attached hydrogens (tertiary/aromatic N) is 1. The van der Waals surface area contributed by atoms with Crippen molar-refractivity contribution in [3.05, 3.63) is 23.8 Å². The predicted octanol–water partition coefficient (Wildman–Crippen LogP) is -0.0519. The number of ether oxygens (including phenoxy) is 2. The number of halogens is 1. The Hall–Kier alpha value is -1.46. The normalized spacial score (nSPS) is 11.6. The second-order valence-corrected chi connectivity index (χ2v) is 5.58. The Labute approximate surface area is 152 Å². The van der Waals surface area contributed by atoms with Crippen molar-refractivity contribution in [2.45, 2.75) is 39.7 Å². The second-order valence-electron chi connectivity index (χ2n) is 5.58. The van der Waals surface area contributed by atoms with Gasteiger partial charge >= 0.3 is 0 Å². The first-order chi connectivity index (χ1) is 11.1. The molecule has 1 unspecified atom stereocenters. The maximum Gasteiger partial charge on any atom is 0.255 e. The average Bonchev–Trinajstić information content (AvgIpc) is 2.57. The average molecular weight is 358 g/mol. The zero-order chi connectivity index (χ0) is 17.2. The van der Waals surface area contributed by atoms with E-state index < -0.39 is 0 Å². The second kappa shape index (κ2) is 12.0. The van der Waals surface area contributed by atoms with Crippen LogP contribution in [0.1, 0.15) is 44.0 Å². The number of hydrogen-bond acceptors (Lipinski definition) is 4. The summed E-state index contributed by atoms with van der Waals surface area (Å²) in [6.07, 6.45) is 2.02. The summed E-state index contributed by atoms with van der Waals surface area (Å²) in [6.45, 7) is 9.58. The number of methoxy groups -OCH3 is 2. The van der Waals surface area contributed by atoms with E-state index in [1.807, 2.05) is 6.92 Å². The van der Waals surface area contributed by atoms with E-state index in [9.17, 15) is 4.79 Å². The molecule has 0 fully saturated rings.